The summed E-state index contributed by atoms with van der Waals surface area (Å²) >= 11 is 0. The average molecular weight is 307 g/mol. The molecule has 0 aliphatic heterocycles. The Bertz CT molecular complexity index is 632. The van der Waals surface area contributed by atoms with Crippen molar-refractivity contribution < 1.29 is 4.74 Å². The molecule has 0 atom stereocenters. The smallest absolute Gasteiger partial charge is 0.137 e. The molecule has 0 aliphatic carbocycles. The van der Waals surface area contributed by atoms with Gasteiger partial charge in [-0.05, 0) is 55.0 Å². The SMILES string of the molecule is CCCCCc1ccc(C#Cc2ccc(OCCC)cn2)cc1. The van der Waals surface area contributed by atoms with Gasteiger partial charge >= 0.3 is 0 Å². The molecule has 0 unspecified atom stereocenters. The van der Waals surface area contributed by atoms with Gasteiger partial charge in [0.15, 0.2) is 0 Å². The van der Waals surface area contributed by atoms with E-state index in [9.17, 15) is 0 Å². The van der Waals surface area contributed by atoms with Crippen LogP contribution in [0, 0.1) is 11.8 Å². The van der Waals surface area contributed by atoms with Crippen LogP contribution >= 0.6 is 0 Å². The summed E-state index contributed by atoms with van der Waals surface area (Å²) in [5.74, 6) is 7.06. The molecule has 0 radical (unpaired) electrons. The lowest BCUT2D eigenvalue weighted by molar-refractivity contribution is 0.316. The van der Waals surface area contributed by atoms with E-state index in [1.165, 1.54) is 24.8 Å². The third-order valence-corrected chi connectivity index (χ3v) is 3.57. The van der Waals surface area contributed by atoms with Gasteiger partial charge in [-0.2, -0.15) is 0 Å². The molecule has 1 aromatic heterocycles. The molecule has 1 heterocycles. The first kappa shape index (κ1) is 17.1. The van der Waals surface area contributed by atoms with E-state index in [0.29, 0.717) is 0 Å². The van der Waals surface area contributed by atoms with Crippen LogP contribution in [0.2, 0.25) is 0 Å². The van der Waals surface area contributed by atoms with Crippen LogP contribution in [0.15, 0.2) is 42.6 Å². The third-order valence-electron chi connectivity index (χ3n) is 3.57. The highest BCUT2D eigenvalue weighted by atomic mass is 16.5. The van der Waals surface area contributed by atoms with Crippen molar-refractivity contribution in [3.63, 3.8) is 0 Å². The van der Waals surface area contributed by atoms with E-state index in [1.54, 1.807) is 6.20 Å². The normalized spacial score (nSPS) is 10.0. The van der Waals surface area contributed by atoms with Crippen molar-refractivity contribution in [2.24, 2.45) is 0 Å². The molecule has 23 heavy (non-hydrogen) atoms. The minimum Gasteiger partial charge on any atom is -0.492 e. The van der Waals surface area contributed by atoms with E-state index >= 15 is 0 Å². The molecule has 0 amide bonds. The molecule has 0 spiro atoms. The van der Waals surface area contributed by atoms with E-state index in [1.807, 2.05) is 12.1 Å². The number of hydrogen-bond acceptors (Lipinski definition) is 2. The summed E-state index contributed by atoms with van der Waals surface area (Å²) in [4.78, 5) is 4.32. The van der Waals surface area contributed by atoms with E-state index in [2.05, 4.69) is 54.9 Å². The van der Waals surface area contributed by atoms with Crippen molar-refractivity contribution in [1.82, 2.24) is 4.98 Å². The highest BCUT2D eigenvalue weighted by molar-refractivity contribution is 5.41. The molecular formula is C21H25NO. The van der Waals surface area contributed by atoms with E-state index in [-0.39, 0.29) is 0 Å². The first-order chi connectivity index (χ1) is 11.3. The number of unbranched alkanes of at least 4 members (excludes halogenated alkanes) is 2. The Balaban J connectivity index is 1.93. The van der Waals surface area contributed by atoms with E-state index in [0.717, 1.165) is 36.5 Å². The Labute approximate surface area is 139 Å². The Morgan fingerprint density at radius 3 is 2.39 bits per heavy atom. The van der Waals surface area contributed by atoms with Crippen LogP contribution < -0.4 is 4.74 Å². The monoisotopic (exact) mass is 307 g/mol. The Morgan fingerprint density at radius 2 is 1.74 bits per heavy atom. The summed E-state index contributed by atoms with van der Waals surface area (Å²) in [6, 6.07) is 12.4. The second-order valence-electron chi connectivity index (χ2n) is 5.63. The maximum Gasteiger partial charge on any atom is 0.137 e. The van der Waals surface area contributed by atoms with Gasteiger partial charge < -0.3 is 4.74 Å². The van der Waals surface area contributed by atoms with Crippen molar-refractivity contribution >= 4 is 0 Å². The fourth-order valence-electron chi connectivity index (χ4n) is 2.23. The van der Waals surface area contributed by atoms with Gasteiger partial charge in [-0.1, -0.05) is 44.7 Å². The van der Waals surface area contributed by atoms with Crippen LogP contribution in [0.25, 0.3) is 0 Å². The Morgan fingerprint density at radius 1 is 0.913 bits per heavy atom. The molecule has 0 fully saturated rings. The topological polar surface area (TPSA) is 22.1 Å². The molecule has 0 bridgehead atoms. The summed E-state index contributed by atoms with van der Waals surface area (Å²) in [6.07, 6.45) is 7.71. The molecule has 0 saturated carbocycles. The van der Waals surface area contributed by atoms with E-state index in [4.69, 9.17) is 4.74 Å². The molecule has 120 valence electrons. The second-order valence-corrected chi connectivity index (χ2v) is 5.63. The minimum atomic E-state index is 0.720. The van der Waals surface area contributed by atoms with Crippen molar-refractivity contribution in [2.75, 3.05) is 6.61 Å². The lowest BCUT2D eigenvalue weighted by Crippen LogP contribution is -1.95. The predicted molar refractivity (Wildman–Crippen MR) is 95.7 cm³/mol. The van der Waals surface area contributed by atoms with Gasteiger partial charge in [0.05, 0.1) is 12.8 Å². The van der Waals surface area contributed by atoms with Crippen LogP contribution in [-0.2, 0) is 6.42 Å². The summed E-state index contributed by atoms with van der Waals surface area (Å²) < 4.78 is 5.52. The quantitative estimate of drug-likeness (QED) is 0.530. The highest BCUT2D eigenvalue weighted by Gasteiger charge is 1.95. The first-order valence-corrected chi connectivity index (χ1v) is 8.51. The fraction of sp³-hybridized carbons (Fsp3) is 0.381. The van der Waals surface area contributed by atoms with Crippen molar-refractivity contribution in [2.45, 2.75) is 46.0 Å². The van der Waals surface area contributed by atoms with Crippen molar-refractivity contribution in [3.8, 4) is 17.6 Å². The highest BCUT2D eigenvalue weighted by Crippen LogP contribution is 2.10. The Hall–Kier alpha value is -2.27. The predicted octanol–water partition coefficient (Wildman–Crippen LogP) is 5.00. The maximum absolute atomic E-state index is 5.52. The second kappa shape index (κ2) is 9.69. The zero-order valence-electron chi connectivity index (χ0n) is 14.1. The maximum atomic E-state index is 5.52. The third kappa shape index (κ3) is 6.16. The Kier molecular flexibility index (Phi) is 7.20. The number of benzene rings is 1. The number of pyridine rings is 1. The molecule has 2 nitrogen and oxygen atoms in total. The van der Waals surface area contributed by atoms with Crippen molar-refractivity contribution in [3.05, 3.63) is 59.4 Å². The lowest BCUT2D eigenvalue weighted by atomic mass is 10.1. The molecule has 2 heteroatoms. The van der Waals surface area contributed by atoms with Crippen molar-refractivity contribution in [1.29, 1.82) is 0 Å². The average Bonchev–Trinajstić information content (AvgIpc) is 2.60. The van der Waals surface area contributed by atoms with Gasteiger partial charge in [0, 0.05) is 5.56 Å². The molecular weight excluding hydrogens is 282 g/mol. The summed E-state index contributed by atoms with van der Waals surface area (Å²) in [5.41, 5.74) is 3.18. The van der Waals surface area contributed by atoms with Gasteiger partial charge in [0.25, 0.3) is 0 Å². The van der Waals surface area contributed by atoms with Gasteiger partial charge in [-0.15, -0.1) is 0 Å². The number of nitrogens with zero attached hydrogens (tertiary/aromatic N) is 1. The number of aromatic nitrogens is 1. The minimum absolute atomic E-state index is 0.720. The summed E-state index contributed by atoms with van der Waals surface area (Å²) in [7, 11) is 0. The van der Waals surface area contributed by atoms with Crippen LogP contribution in [0.1, 0.15) is 56.4 Å². The molecule has 2 rings (SSSR count). The van der Waals surface area contributed by atoms with Crippen LogP contribution in [0.4, 0.5) is 0 Å². The van der Waals surface area contributed by atoms with E-state index < -0.39 is 0 Å². The molecule has 2 aromatic rings. The first-order valence-electron chi connectivity index (χ1n) is 8.51. The zero-order chi connectivity index (χ0) is 16.3. The lowest BCUT2D eigenvalue weighted by Gasteiger charge is -2.02. The summed E-state index contributed by atoms with van der Waals surface area (Å²) in [5, 5.41) is 0. The number of aryl methyl sites for hydroxylation is 1. The zero-order valence-corrected chi connectivity index (χ0v) is 14.1. The van der Waals surface area contributed by atoms with Gasteiger partial charge in [0.2, 0.25) is 0 Å². The summed E-state index contributed by atoms with van der Waals surface area (Å²) in [6.45, 7) is 5.04. The molecule has 1 aromatic carbocycles. The van der Waals surface area contributed by atoms with Gasteiger partial charge in [-0.3, -0.25) is 0 Å². The molecule has 0 aliphatic rings. The molecule has 0 saturated heterocycles. The largest absolute Gasteiger partial charge is 0.492 e. The van der Waals surface area contributed by atoms with Gasteiger partial charge in [0.1, 0.15) is 11.4 Å². The number of ether oxygens (including phenoxy) is 1. The standard InChI is InChI=1S/C21H25NO/c1-3-5-6-7-18-8-10-19(11-9-18)12-13-20-14-15-21(17-22-20)23-16-4-2/h8-11,14-15,17H,3-7,16H2,1-2H3. The van der Waals surface area contributed by atoms with Gasteiger partial charge in [-0.25, -0.2) is 4.98 Å². The number of hydrogen-bond donors (Lipinski definition) is 0. The fourth-order valence-corrected chi connectivity index (χ4v) is 2.23. The van der Waals surface area contributed by atoms with Crippen LogP contribution in [0.3, 0.4) is 0 Å². The van der Waals surface area contributed by atoms with Crippen LogP contribution in [-0.4, -0.2) is 11.6 Å². The number of rotatable bonds is 7. The van der Waals surface area contributed by atoms with Crippen LogP contribution in [0.5, 0.6) is 5.75 Å². The molecule has 0 N–H and O–H groups in total.